The third-order valence-corrected chi connectivity index (χ3v) is 3.74. The zero-order valence-corrected chi connectivity index (χ0v) is 11.5. The molecular weight excluding hydrogens is 291 g/mol. The summed E-state index contributed by atoms with van der Waals surface area (Å²) in [5, 5.41) is 12.6. The van der Waals surface area contributed by atoms with Gasteiger partial charge >= 0.3 is 0 Å². The van der Waals surface area contributed by atoms with Crippen LogP contribution in [0.4, 0.5) is 4.39 Å². The maximum absolute atomic E-state index is 13.5. The van der Waals surface area contributed by atoms with Gasteiger partial charge in [0, 0.05) is 4.90 Å². The van der Waals surface area contributed by atoms with Gasteiger partial charge in [0.1, 0.15) is 23.3 Å². The van der Waals surface area contributed by atoms with Gasteiger partial charge in [0.15, 0.2) is 5.82 Å². The maximum atomic E-state index is 13.5. The average molecular weight is 300 g/mol. The summed E-state index contributed by atoms with van der Waals surface area (Å²) in [7, 11) is 0. The number of aromatic nitrogens is 3. The smallest absolute Gasteiger partial charge is 0.274 e. The van der Waals surface area contributed by atoms with Gasteiger partial charge in [0.25, 0.3) is 5.89 Å². The highest BCUT2D eigenvalue weighted by Gasteiger charge is 2.11. The Kier molecular flexibility index (Phi) is 3.71. The van der Waals surface area contributed by atoms with Crippen LogP contribution >= 0.6 is 11.8 Å². The van der Waals surface area contributed by atoms with Gasteiger partial charge in [-0.3, -0.25) is 0 Å². The van der Waals surface area contributed by atoms with Gasteiger partial charge in [-0.05, 0) is 24.3 Å². The molecule has 7 heteroatoms. The van der Waals surface area contributed by atoms with E-state index < -0.39 is 0 Å². The van der Waals surface area contributed by atoms with Crippen molar-refractivity contribution in [2.75, 3.05) is 0 Å². The molecule has 0 spiro atoms. The molecule has 3 rings (SSSR count). The van der Waals surface area contributed by atoms with Crippen molar-refractivity contribution in [1.29, 1.82) is 5.26 Å². The number of H-pyrrole nitrogens is 1. The Bertz CT molecular complexity index is 805. The second kappa shape index (κ2) is 5.81. The van der Waals surface area contributed by atoms with Crippen molar-refractivity contribution in [2.45, 2.75) is 10.6 Å². The summed E-state index contributed by atoms with van der Waals surface area (Å²) in [6.07, 6.45) is 0. The molecule has 0 bridgehead atoms. The molecular formula is C14H9FN4OS. The quantitative estimate of drug-likeness (QED) is 0.747. The van der Waals surface area contributed by atoms with Crippen LogP contribution < -0.4 is 0 Å². The minimum absolute atomic E-state index is 0.269. The largest absolute Gasteiger partial charge is 0.342 e. The molecule has 0 aliphatic heterocycles. The summed E-state index contributed by atoms with van der Waals surface area (Å²) in [6.45, 7) is 0. The maximum Gasteiger partial charge on any atom is 0.274 e. The minimum atomic E-state index is -0.269. The molecule has 0 unspecified atom stereocenters. The predicted octanol–water partition coefficient (Wildman–Crippen LogP) is 3.37. The molecule has 0 saturated heterocycles. The van der Waals surface area contributed by atoms with Crippen LogP contribution in [0, 0.1) is 17.1 Å². The molecule has 0 aliphatic carbocycles. The molecule has 3 aromatic rings. The van der Waals surface area contributed by atoms with Crippen molar-refractivity contribution in [3.8, 4) is 17.7 Å². The van der Waals surface area contributed by atoms with Crippen molar-refractivity contribution in [1.82, 2.24) is 15.1 Å². The van der Waals surface area contributed by atoms with E-state index in [9.17, 15) is 4.39 Å². The number of thioether (sulfide) groups is 1. The number of nitrogens with zero attached hydrogens (tertiary/aromatic N) is 3. The first-order valence-corrected chi connectivity index (χ1v) is 7.04. The van der Waals surface area contributed by atoms with Crippen LogP contribution in [0.5, 0.6) is 0 Å². The van der Waals surface area contributed by atoms with Gasteiger partial charge in [-0.15, -0.1) is 11.8 Å². The van der Waals surface area contributed by atoms with Crippen molar-refractivity contribution >= 4 is 11.8 Å². The first kappa shape index (κ1) is 13.4. The lowest BCUT2D eigenvalue weighted by atomic mass is 10.3. The molecule has 5 nitrogen and oxygen atoms in total. The number of nitriles is 1. The third-order valence-electron chi connectivity index (χ3n) is 2.70. The zero-order chi connectivity index (χ0) is 14.7. The highest BCUT2D eigenvalue weighted by Crippen LogP contribution is 2.25. The molecule has 2 heterocycles. The van der Waals surface area contributed by atoms with Gasteiger partial charge in [-0.2, -0.15) is 10.2 Å². The molecule has 21 heavy (non-hydrogen) atoms. The van der Waals surface area contributed by atoms with Gasteiger partial charge in [-0.1, -0.05) is 17.3 Å². The minimum Gasteiger partial charge on any atom is -0.342 e. The number of aromatic amines is 1. The average Bonchev–Trinajstić information content (AvgIpc) is 3.15. The Balaban J connectivity index is 1.71. The van der Waals surface area contributed by atoms with E-state index in [0.717, 1.165) is 0 Å². The van der Waals surface area contributed by atoms with E-state index in [1.54, 1.807) is 30.3 Å². The molecule has 1 N–H and O–H groups in total. The van der Waals surface area contributed by atoms with Gasteiger partial charge in [-0.25, -0.2) is 4.39 Å². The van der Waals surface area contributed by atoms with E-state index in [0.29, 0.717) is 33.8 Å². The number of rotatable bonds is 4. The second-order valence-corrected chi connectivity index (χ2v) is 5.15. The molecule has 0 fully saturated rings. The first-order chi connectivity index (χ1) is 10.3. The van der Waals surface area contributed by atoms with E-state index in [-0.39, 0.29) is 5.82 Å². The van der Waals surface area contributed by atoms with Crippen molar-refractivity contribution in [3.05, 3.63) is 53.7 Å². The Morgan fingerprint density at radius 3 is 2.90 bits per heavy atom. The zero-order valence-electron chi connectivity index (χ0n) is 10.7. The van der Waals surface area contributed by atoms with E-state index >= 15 is 0 Å². The predicted molar refractivity (Wildman–Crippen MR) is 74.8 cm³/mol. The molecule has 104 valence electrons. The van der Waals surface area contributed by atoms with Crippen LogP contribution in [0.1, 0.15) is 11.5 Å². The van der Waals surface area contributed by atoms with E-state index in [4.69, 9.17) is 9.78 Å². The fourth-order valence-corrected chi connectivity index (χ4v) is 2.49. The van der Waals surface area contributed by atoms with Gasteiger partial charge < -0.3 is 9.51 Å². The number of hydrogen-bond acceptors (Lipinski definition) is 5. The lowest BCUT2D eigenvalue weighted by molar-refractivity contribution is 0.424. The molecule has 0 saturated carbocycles. The van der Waals surface area contributed by atoms with Crippen molar-refractivity contribution in [2.24, 2.45) is 0 Å². The number of hydrogen-bond donors (Lipinski definition) is 1. The van der Waals surface area contributed by atoms with Crippen LogP contribution in [0.2, 0.25) is 0 Å². The Labute approximate surface area is 123 Å². The summed E-state index contributed by atoms with van der Waals surface area (Å²) in [5.74, 6) is 0.900. The Morgan fingerprint density at radius 1 is 1.29 bits per heavy atom. The summed E-state index contributed by atoms with van der Waals surface area (Å²) < 4.78 is 18.6. The molecule has 2 aromatic heterocycles. The van der Waals surface area contributed by atoms with Crippen LogP contribution in [0.15, 0.2) is 45.8 Å². The van der Waals surface area contributed by atoms with Gasteiger partial charge in [0.05, 0.1) is 5.75 Å². The topological polar surface area (TPSA) is 78.5 Å². The van der Waals surface area contributed by atoms with Crippen LogP contribution in [0.25, 0.3) is 11.6 Å². The standard InChI is InChI=1S/C14H9FN4OS/c15-10-3-1-2-4-12(10)21-8-13-18-14(20-19-13)11-6-5-9(7-16)17-11/h1-6,17H,8H2. The summed E-state index contributed by atoms with van der Waals surface area (Å²) in [6, 6.07) is 11.8. The highest BCUT2D eigenvalue weighted by molar-refractivity contribution is 7.98. The van der Waals surface area contributed by atoms with Crippen LogP contribution in [0.3, 0.4) is 0 Å². The van der Waals surface area contributed by atoms with E-state index in [2.05, 4.69) is 15.1 Å². The van der Waals surface area contributed by atoms with E-state index in [1.165, 1.54) is 17.8 Å². The monoisotopic (exact) mass is 300 g/mol. The number of nitrogens with one attached hydrogen (secondary N) is 1. The summed E-state index contributed by atoms with van der Waals surface area (Å²) in [5.41, 5.74) is 1.01. The van der Waals surface area contributed by atoms with Crippen molar-refractivity contribution in [3.63, 3.8) is 0 Å². The molecule has 0 amide bonds. The van der Waals surface area contributed by atoms with Crippen LogP contribution in [-0.2, 0) is 5.75 Å². The fourth-order valence-electron chi connectivity index (χ4n) is 1.71. The Morgan fingerprint density at radius 2 is 2.14 bits per heavy atom. The lowest BCUT2D eigenvalue weighted by Crippen LogP contribution is -1.86. The molecule has 1 aromatic carbocycles. The third kappa shape index (κ3) is 2.95. The fraction of sp³-hybridized carbons (Fsp3) is 0.0714. The first-order valence-electron chi connectivity index (χ1n) is 6.05. The normalized spacial score (nSPS) is 10.5. The summed E-state index contributed by atoms with van der Waals surface area (Å²) in [4.78, 5) is 7.60. The van der Waals surface area contributed by atoms with Crippen molar-refractivity contribution < 1.29 is 8.91 Å². The van der Waals surface area contributed by atoms with Gasteiger partial charge in [0.2, 0.25) is 0 Å². The van der Waals surface area contributed by atoms with E-state index in [1.807, 2.05) is 6.07 Å². The lowest BCUT2D eigenvalue weighted by Gasteiger charge is -1.99. The molecule has 0 aliphatic rings. The number of halogens is 1. The van der Waals surface area contributed by atoms with Crippen LogP contribution in [-0.4, -0.2) is 15.1 Å². The summed E-state index contributed by atoms with van der Waals surface area (Å²) >= 11 is 1.30. The Hall–Kier alpha value is -2.59. The molecule has 0 radical (unpaired) electrons. The number of benzene rings is 1. The molecule has 0 atom stereocenters. The highest BCUT2D eigenvalue weighted by atomic mass is 32.2. The SMILES string of the molecule is N#Cc1ccc(-c2nc(CSc3ccccc3F)no2)[nH]1. The second-order valence-electron chi connectivity index (χ2n) is 4.13.